The van der Waals surface area contributed by atoms with Gasteiger partial charge in [-0.2, -0.15) is 0 Å². The number of nitrogens with one attached hydrogen (secondary N) is 1. The predicted octanol–water partition coefficient (Wildman–Crippen LogP) is 0.705. The summed E-state index contributed by atoms with van der Waals surface area (Å²) in [7, 11) is 0. The number of aromatic amines is 1. The highest BCUT2D eigenvalue weighted by atomic mass is 16.3. The van der Waals surface area contributed by atoms with Crippen LogP contribution < -0.4 is 5.73 Å². The first-order valence-electron chi connectivity index (χ1n) is 3.76. The van der Waals surface area contributed by atoms with Gasteiger partial charge >= 0.3 is 0 Å². The zero-order chi connectivity index (χ0) is 8.27. The molecule has 1 unspecified atom stereocenters. The number of nitrogens with two attached hydrogens (primary N) is 1. The van der Waals surface area contributed by atoms with Crippen LogP contribution in [0.4, 0.5) is 0 Å². The Morgan fingerprint density at radius 1 is 1.64 bits per heavy atom. The Balaban J connectivity index is 2.60. The smallest absolute Gasteiger partial charge is 0.0469 e. The Morgan fingerprint density at radius 3 is 2.82 bits per heavy atom. The molecule has 0 aromatic carbocycles. The lowest BCUT2D eigenvalue weighted by atomic mass is 10.2. The van der Waals surface area contributed by atoms with Crippen molar-refractivity contribution >= 4 is 0 Å². The van der Waals surface area contributed by atoms with Crippen LogP contribution in [0.25, 0.3) is 0 Å². The lowest BCUT2D eigenvalue weighted by Gasteiger charge is -2.06. The van der Waals surface area contributed by atoms with Gasteiger partial charge in [0.2, 0.25) is 0 Å². The molecule has 0 saturated carbocycles. The number of aliphatic hydroxyl groups excluding tert-OH is 1. The van der Waals surface area contributed by atoms with Crippen molar-refractivity contribution in [3.8, 4) is 0 Å². The summed E-state index contributed by atoms with van der Waals surface area (Å²) in [5, 5.41) is 8.61. The second-order valence-electron chi connectivity index (χ2n) is 2.72. The summed E-state index contributed by atoms with van der Waals surface area (Å²) in [6.45, 7) is 2.12. The minimum absolute atomic E-state index is 0.0614. The van der Waals surface area contributed by atoms with E-state index in [1.54, 1.807) is 0 Å². The lowest BCUT2D eigenvalue weighted by Crippen LogP contribution is -2.12. The van der Waals surface area contributed by atoms with Crippen LogP contribution in [0.5, 0.6) is 0 Å². The van der Waals surface area contributed by atoms with Crippen LogP contribution in [0.2, 0.25) is 0 Å². The fourth-order valence-electron chi connectivity index (χ4n) is 1.04. The Hall–Kier alpha value is -0.800. The number of aliphatic hydroxyl groups is 1. The number of hydrogen-bond donors (Lipinski definition) is 3. The first kappa shape index (κ1) is 8.30. The van der Waals surface area contributed by atoms with Crippen LogP contribution in [0, 0.1) is 6.92 Å². The molecule has 11 heavy (non-hydrogen) atoms. The summed E-state index contributed by atoms with van der Waals surface area (Å²) in [6, 6.07) is 3.87. The van der Waals surface area contributed by atoms with Crippen LogP contribution >= 0.6 is 0 Å². The third kappa shape index (κ3) is 2.06. The highest BCUT2D eigenvalue weighted by Crippen LogP contribution is 2.11. The SMILES string of the molecule is Cc1ccc(C(N)CCO)[nH]1. The number of rotatable bonds is 3. The predicted molar refractivity (Wildman–Crippen MR) is 44.2 cm³/mol. The molecule has 1 aromatic rings. The zero-order valence-corrected chi connectivity index (χ0v) is 6.67. The molecule has 1 rings (SSSR count). The average molecular weight is 154 g/mol. The van der Waals surface area contributed by atoms with Crippen LogP contribution in [0.15, 0.2) is 12.1 Å². The third-order valence-corrected chi connectivity index (χ3v) is 1.69. The molecule has 0 saturated heterocycles. The largest absolute Gasteiger partial charge is 0.396 e. The summed E-state index contributed by atoms with van der Waals surface area (Å²) in [6.07, 6.45) is 0.611. The molecule has 0 aliphatic carbocycles. The molecule has 4 N–H and O–H groups in total. The van der Waals surface area contributed by atoms with E-state index in [-0.39, 0.29) is 12.6 Å². The third-order valence-electron chi connectivity index (χ3n) is 1.69. The minimum Gasteiger partial charge on any atom is -0.396 e. The van der Waals surface area contributed by atoms with E-state index in [1.807, 2.05) is 19.1 Å². The van der Waals surface area contributed by atoms with Gasteiger partial charge in [0.15, 0.2) is 0 Å². The Bertz CT molecular complexity index is 220. The highest BCUT2D eigenvalue weighted by molar-refractivity contribution is 5.14. The topological polar surface area (TPSA) is 62.0 Å². The van der Waals surface area contributed by atoms with E-state index in [0.29, 0.717) is 6.42 Å². The Kier molecular flexibility index (Phi) is 2.68. The Labute approximate surface area is 66.2 Å². The average Bonchev–Trinajstić information content (AvgIpc) is 2.36. The molecule has 62 valence electrons. The number of aromatic nitrogens is 1. The lowest BCUT2D eigenvalue weighted by molar-refractivity contribution is 0.276. The van der Waals surface area contributed by atoms with E-state index in [1.165, 1.54) is 0 Å². The summed E-state index contributed by atoms with van der Waals surface area (Å²) < 4.78 is 0. The molecule has 0 aliphatic rings. The van der Waals surface area contributed by atoms with Gasteiger partial charge in [0.05, 0.1) is 0 Å². The molecular formula is C8H14N2O. The fraction of sp³-hybridized carbons (Fsp3) is 0.500. The molecule has 0 spiro atoms. The monoisotopic (exact) mass is 154 g/mol. The second-order valence-corrected chi connectivity index (χ2v) is 2.72. The molecule has 1 heterocycles. The van der Waals surface area contributed by atoms with Gasteiger partial charge < -0.3 is 15.8 Å². The van der Waals surface area contributed by atoms with Crippen molar-refractivity contribution in [2.24, 2.45) is 5.73 Å². The van der Waals surface area contributed by atoms with Gasteiger partial charge in [0.25, 0.3) is 0 Å². The molecule has 1 aromatic heterocycles. The quantitative estimate of drug-likeness (QED) is 0.600. The van der Waals surface area contributed by atoms with Crippen molar-refractivity contribution < 1.29 is 5.11 Å². The van der Waals surface area contributed by atoms with Crippen molar-refractivity contribution in [1.82, 2.24) is 4.98 Å². The molecule has 3 heteroatoms. The minimum atomic E-state index is -0.0614. The standard InChI is InChI=1S/C8H14N2O/c1-6-2-3-8(10-6)7(9)4-5-11/h2-3,7,10-11H,4-5,9H2,1H3. The van der Waals surface area contributed by atoms with Gasteiger partial charge in [-0.3, -0.25) is 0 Å². The van der Waals surface area contributed by atoms with Crippen LogP contribution in [0.3, 0.4) is 0 Å². The fourth-order valence-corrected chi connectivity index (χ4v) is 1.04. The van der Waals surface area contributed by atoms with Gasteiger partial charge in [-0.05, 0) is 25.5 Å². The van der Waals surface area contributed by atoms with Gasteiger partial charge in [0, 0.05) is 24.0 Å². The van der Waals surface area contributed by atoms with Crippen molar-refractivity contribution in [3.63, 3.8) is 0 Å². The number of hydrogen-bond acceptors (Lipinski definition) is 2. The van der Waals surface area contributed by atoms with E-state index >= 15 is 0 Å². The molecule has 0 radical (unpaired) electrons. The van der Waals surface area contributed by atoms with E-state index in [0.717, 1.165) is 11.4 Å². The molecule has 0 aliphatic heterocycles. The van der Waals surface area contributed by atoms with Crippen molar-refractivity contribution in [2.45, 2.75) is 19.4 Å². The van der Waals surface area contributed by atoms with E-state index in [2.05, 4.69) is 4.98 Å². The highest BCUT2D eigenvalue weighted by Gasteiger charge is 2.05. The Morgan fingerprint density at radius 2 is 2.36 bits per heavy atom. The maximum Gasteiger partial charge on any atom is 0.0469 e. The second kappa shape index (κ2) is 3.55. The van der Waals surface area contributed by atoms with Gasteiger partial charge in [-0.15, -0.1) is 0 Å². The first-order chi connectivity index (χ1) is 5.24. The van der Waals surface area contributed by atoms with Crippen molar-refractivity contribution in [2.75, 3.05) is 6.61 Å². The van der Waals surface area contributed by atoms with E-state index < -0.39 is 0 Å². The zero-order valence-electron chi connectivity index (χ0n) is 6.67. The first-order valence-corrected chi connectivity index (χ1v) is 3.76. The van der Waals surface area contributed by atoms with Crippen LogP contribution in [0.1, 0.15) is 23.9 Å². The van der Waals surface area contributed by atoms with Gasteiger partial charge in [-0.1, -0.05) is 0 Å². The summed E-state index contributed by atoms with van der Waals surface area (Å²) in [4.78, 5) is 3.12. The van der Waals surface area contributed by atoms with Crippen LogP contribution in [-0.2, 0) is 0 Å². The van der Waals surface area contributed by atoms with E-state index in [9.17, 15) is 0 Å². The maximum atomic E-state index is 8.61. The molecule has 1 atom stereocenters. The molecule has 0 amide bonds. The van der Waals surface area contributed by atoms with Crippen LogP contribution in [-0.4, -0.2) is 16.7 Å². The van der Waals surface area contributed by atoms with Crippen molar-refractivity contribution in [3.05, 3.63) is 23.5 Å². The molecule has 3 nitrogen and oxygen atoms in total. The maximum absolute atomic E-state index is 8.61. The summed E-state index contributed by atoms with van der Waals surface area (Å²) >= 11 is 0. The molecular weight excluding hydrogens is 140 g/mol. The van der Waals surface area contributed by atoms with E-state index in [4.69, 9.17) is 10.8 Å². The van der Waals surface area contributed by atoms with Crippen molar-refractivity contribution in [1.29, 1.82) is 0 Å². The normalized spacial score (nSPS) is 13.4. The number of H-pyrrole nitrogens is 1. The summed E-state index contributed by atoms with van der Waals surface area (Å²) in [5.41, 5.74) is 7.83. The van der Waals surface area contributed by atoms with Gasteiger partial charge in [0.1, 0.15) is 0 Å². The number of aryl methyl sites for hydroxylation is 1. The molecule has 0 fully saturated rings. The van der Waals surface area contributed by atoms with Gasteiger partial charge in [-0.25, -0.2) is 0 Å². The molecule has 0 bridgehead atoms. The summed E-state index contributed by atoms with van der Waals surface area (Å²) in [5.74, 6) is 0.